The molecule has 2 nitrogen and oxygen atoms in total. The summed E-state index contributed by atoms with van der Waals surface area (Å²) in [5.41, 5.74) is 7.89. The van der Waals surface area contributed by atoms with Crippen LogP contribution in [0.5, 0.6) is 0 Å². The van der Waals surface area contributed by atoms with E-state index in [1.54, 1.807) is 18.2 Å². The van der Waals surface area contributed by atoms with Crippen LogP contribution in [0.2, 0.25) is 10.2 Å². The molecule has 0 aliphatic rings. The lowest BCUT2D eigenvalue weighted by atomic mass is 10.1. The van der Waals surface area contributed by atoms with Gasteiger partial charge in [-0.3, -0.25) is 0 Å². The highest BCUT2D eigenvalue weighted by Gasteiger charge is 2.02. The quantitative estimate of drug-likeness (QED) is 0.771. The highest BCUT2D eigenvalue weighted by Crippen LogP contribution is 2.24. The van der Waals surface area contributed by atoms with Crippen LogP contribution in [-0.4, -0.2) is 4.98 Å². The van der Waals surface area contributed by atoms with Crippen LogP contribution in [-0.2, 0) is 0 Å². The lowest BCUT2D eigenvalue weighted by Crippen LogP contribution is -1.90. The summed E-state index contributed by atoms with van der Waals surface area (Å²) in [5.74, 6) is 0. The summed E-state index contributed by atoms with van der Waals surface area (Å²) in [6, 6.07) is 10.8. The van der Waals surface area contributed by atoms with Crippen LogP contribution in [0.4, 0.5) is 5.69 Å². The van der Waals surface area contributed by atoms with E-state index in [4.69, 9.17) is 28.9 Å². The number of hydrogen-bond acceptors (Lipinski definition) is 2. The molecule has 2 rings (SSSR count). The Morgan fingerprint density at radius 2 is 1.87 bits per heavy atom. The van der Waals surface area contributed by atoms with Crippen molar-refractivity contribution in [1.82, 2.24) is 4.98 Å². The molecule has 1 aromatic carbocycles. The van der Waals surface area contributed by atoms with E-state index in [9.17, 15) is 0 Å². The van der Waals surface area contributed by atoms with Gasteiger partial charge in [0.25, 0.3) is 0 Å². The highest BCUT2D eigenvalue weighted by molar-refractivity contribution is 6.31. The van der Waals surface area contributed by atoms with Gasteiger partial charge < -0.3 is 5.73 Å². The maximum Gasteiger partial charge on any atom is 0.131 e. The van der Waals surface area contributed by atoms with Crippen molar-refractivity contribution in [1.29, 1.82) is 0 Å². The molecule has 4 heteroatoms. The number of aromatic nitrogens is 1. The molecule has 0 aliphatic heterocycles. The van der Waals surface area contributed by atoms with Crippen molar-refractivity contribution in [2.45, 2.75) is 0 Å². The van der Waals surface area contributed by atoms with E-state index in [1.807, 2.05) is 18.2 Å². The van der Waals surface area contributed by atoms with E-state index < -0.39 is 0 Å². The summed E-state index contributed by atoms with van der Waals surface area (Å²) < 4.78 is 0. The first kappa shape index (κ1) is 10.3. The minimum absolute atomic E-state index is 0.380. The number of pyridine rings is 1. The summed E-state index contributed by atoms with van der Waals surface area (Å²) in [5, 5.41) is 1.04. The molecule has 1 aromatic heterocycles. The summed E-state index contributed by atoms with van der Waals surface area (Å²) in [7, 11) is 0. The fraction of sp³-hybridized carbons (Fsp3) is 0. The molecule has 0 saturated carbocycles. The van der Waals surface area contributed by atoms with Gasteiger partial charge in [-0.1, -0.05) is 35.3 Å². The van der Waals surface area contributed by atoms with Crippen molar-refractivity contribution in [2.24, 2.45) is 0 Å². The molecule has 2 N–H and O–H groups in total. The van der Waals surface area contributed by atoms with Crippen LogP contribution >= 0.6 is 23.2 Å². The predicted octanol–water partition coefficient (Wildman–Crippen LogP) is 3.64. The number of benzene rings is 1. The molecule has 0 unspecified atom stereocenters. The van der Waals surface area contributed by atoms with Crippen molar-refractivity contribution in [2.75, 3.05) is 5.73 Å². The number of nitrogen functional groups attached to an aromatic ring is 1. The maximum atomic E-state index is 5.88. The zero-order chi connectivity index (χ0) is 10.8. The molecule has 0 aliphatic carbocycles. The second kappa shape index (κ2) is 4.09. The van der Waals surface area contributed by atoms with Gasteiger partial charge in [0.15, 0.2) is 0 Å². The third kappa shape index (κ3) is 2.41. The Balaban J connectivity index is 2.54. The van der Waals surface area contributed by atoms with Gasteiger partial charge >= 0.3 is 0 Å². The third-order valence-corrected chi connectivity index (χ3v) is 2.37. The Bertz CT molecular complexity index is 477. The van der Waals surface area contributed by atoms with Crippen LogP contribution in [0.1, 0.15) is 0 Å². The van der Waals surface area contributed by atoms with Gasteiger partial charge in [0, 0.05) is 16.3 Å². The highest BCUT2D eigenvalue weighted by atomic mass is 35.5. The Morgan fingerprint density at radius 3 is 2.53 bits per heavy atom. The van der Waals surface area contributed by atoms with Gasteiger partial charge in [-0.2, -0.15) is 0 Å². The molecule has 76 valence electrons. The molecule has 0 atom stereocenters. The first-order chi connectivity index (χ1) is 7.15. The summed E-state index contributed by atoms with van der Waals surface area (Å²) in [6.07, 6.45) is 0. The third-order valence-electron chi connectivity index (χ3n) is 1.94. The fourth-order valence-corrected chi connectivity index (χ4v) is 1.72. The van der Waals surface area contributed by atoms with Gasteiger partial charge in [0.05, 0.1) is 5.69 Å². The minimum Gasteiger partial charge on any atom is -0.399 e. The summed E-state index contributed by atoms with van der Waals surface area (Å²) >= 11 is 11.7. The van der Waals surface area contributed by atoms with E-state index in [-0.39, 0.29) is 0 Å². The van der Waals surface area contributed by atoms with E-state index in [0.717, 1.165) is 11.3 Å². The Hall–Kier alpha value is -1.25. The lowest BCUT2D eigenvalue weighted by molar-refractivity contribution is 1.33. The van der Waals surface area contributed by atoms with E-state index in [1.165, 1.54) is 0 Å². The Labute approximate surface area is 97.7 Å². The van der Waals surface area contributed by atoms with Crippen LogP contribution in [0.15, 0.2) is 36.4 Å². The average molecular weight is 239 g/mol. The van der Waals surface area contributed by atoms with Crippen LogP contribution in [0.3, 0.4) is 0 Å². The van der Waals surface area contributed by atoms with E-state index in [0.29, 0.717) is 15.9 Å². The molecule has 1 heterocycles. The summed E-state index contributed by atoms with van der Waals surface area (Å²) in [4.78, 5) is 4.17. The van der Waals surface area contributed by atoms with E-state index in [2.05, 4.69) is 4.98 Å². The molecule has 0 saturated heterocycles. The number of hydrogen-bond donors (Lipinski definition) is 1. The summed E-state index contributed by atoms with van der Waals surface area (Å²) in [6.45, 7) is 0. The normalized spacial score (nSPS) is 10.3. The molecule has 0 radical (unpaired) electrons. The molecule has 2 aromatic rings. The smallest absolute Gasteiger partial charge is 0.131 e. The molecule has 0 spiro atoms. The lowest BCUT2D eigenvalue weighted by Gasteiger charge is -2.03. The molecule has 15 heavy (non-hydrogen) atoms. The number of rotatable bonds is 1. The van der Waals surface area contributed by atoms with Gasteiger partial charge in [0.2, 0.25) is 0 Å². The zero-order valence-electron chi connectivity index (χ0n) is 7.74. The van der Waals surface area contributed by atoms with Crippen molar-refractivity contribution in [3.05, 3.63) is 46.6 Å². The second-order valence-corrected chi connectivity index (χ2v) is 3.94. The zero-order valence-corrected chi connectivity index (χ0v) is 9.26. The van der Waals surface area contributed by atoms with Gasteiger partial charge in [-0.05, 0) is 24.3 Å². The predicted molar refractivity (Wildman–Crippen MR) is 64.1 cm³/mol. The van der Waals surface area contributed by atoms with E-state index >= 15 is 0 Å². The number of halogens is 2. The van der Waals surface area contributed by atoms with Crippen molar-refractivity contribution >= 4 is 28.9 Å². The standard InChI is InChI=1S/C11H8Cl2N2/c12-8-3-1-2-7(4-8)10-5-9(14)6-11(13)15-10/h1-6H,(H2,14,15). The monoisotopic (exact) mass is 238 g/mol. The first-order valence-electron chi connectivity index (χ1n) is 4.34. The Morgan fingerprint density at radius 1 is 1.07 bits per heavy atom. The largest absolute Gasteiger partial charge is 0.399 e. The molecule has 0 amide bonds. The number of nitrogens with two attached hydrogens (primary N) is 1. The van der Waals surface area contributed by atoms with Crippen LogP contribution < -0.4 is 5.73 Å². The molecule has 0 bridgehead atoms. The molecular formula is C11H8Cl2N2. The van der Waals surface area contributed by atoms with Gasteiger partial charge in [-0.15, -0.1) is 0 Å². The second-order valence-electron chi connectivity index (χ2n) is 3.12. The molecular weight excluding hydrogens is 231 g/mol. The van der Waals surface area contributed by atoms with Crippen molar-refractivity contribution in [3.63, 3.8) is 0 Å². The van der Waals surface area contributed by atoms with Crippen molar-refractivity contribution in [3.8, 4) is 11.3 Å². The SMILES string of the molecule is Nc1cc(Cl)nc(-c2cccc(Cl)c2)c1. The van der Waals surface area contributed by atoms with Gasteiger partial charge in [0.1, 0.15) is 5.15 Å². The fourth-order valence-electron chi connectivity index (χ4n) is 1.31. The minimum atomic E-state index is 0.380. The maximum absolute atomic E-state index is 5.88. The number of nitrogens with zero attached hydrogens (tertiary/aromatic N) is 1. The van der Waals surface area contributed by atoms with Gasteiger partial charge in [-0.25, -0.2) is 4.98 Å². The average Bonchev–Trinajstić information content (AvgIpc) is 2.16. The first-order valence-corrected chi connectivity index (χ1v) is 5.10. The van der Waals surface area contributed by atoms with Crippen molar-refractivity contribution < 1.29 is 0 Å². The molecule has 0 fully saturated rings. The van der Waals surface area contributed by atoms with Crippen LogP contribution in [0.25, 0.3) is 11.3 Å². The number of anilines is 1. The topological polar surface area (TPSA) is 38.9 Å². The Kier molecular flexibility index (Phi) is 2.80. The van der Waals surface area contributed by atoms with Crippen LogP contribution in [0, 0.1) is 0 Å².